The number of hydrogen-bond donors (Lipinski definition) is 1. The molecule has 26 heavy (non-hydrogen) atoms. The molecule has 6 nitrogen and oxygen atoms in total. The van der Waals surface area contributed by atoms with Crippen molar-refractivity contribution >= 4 is 0 Å². The van der Waals surface area contributed by atoms with Gasteiger partial charge in [0.05, 0.1) is 12.6 Å². The van der Waals surface area contributed by atoms with Gasteiger partial charge in [-0.05, 0) is 45.1 Å². The number of likely N-dealkylation sites (tertiary alicyclic amines) is 2. The second-order valence-corrected chi connectivity index (χ2v) is 8.67. The maximum absolute atomic E-state index is 9.69. The molecule has 1 atom stereocenters. The minimum Gasteiger partial charge on any atom is -0.393 e. The summed E-state index contributed by atoms with van der Waals surface area (Å²) in [5.74, 6) is 2.78. The number of aliphatic hydroxyl groups is 1. The highest BCUT2D eigenvalue weighted by atomic mass is 16.3. The van der Waals surface area contributed by atoms with Crippen LogP contribution in [0.2, 0.25) is 0 Å². The zero-order valence-corrected chi connectivity index (χ0v) is 16.3. The van der Waals surface area contributed by atoms with Gasteiger partial charge in [0.1, 0.15) is 11.6 Å². The highest BCUT2D eigenvalue weighted by Crippen LogP contribution is 2.31. The van der Waals surface area contributed by atoms with Gasteiger partial charge in [-0.15, -0.1) is 10.2 Å². The maximum Gasteiger partial charge on any atom is 0.146 e. The van der Waals surface area contributed by atoms with Crippen LogP contribution in [0.25, 0.3) is 0 Å². The molecule has 0 radical (unpaired) electrons. The monoisotopic (exact) mass is 361 g/mol. The molecule has 0 aromatic carbocycles. The largest absolute Gasteiger partial charge is 0.393 e. The molecular weight excluding hydrogens is 326 g/mol. The molecule has 0 bridgehead atoms. The van der Waals surface area contributed by atoms with E-state index in [0.29, 0.717) is 5.92 Å². The first-order valence-electron chi connectivity index (χ1n) is 10.7. The first-order valence-corrected chi connectivity index (χ1v) is 10.7. The van der Waals surface area contributed by atoms with Crippen molar-refractivity contribution in [3.05, 3.63) is 11.6 Å². The average molecular weight is 362 g/mol. The van der Waals surface area contributed by atoms with E-state index in [1.807, 2.05) is 0 Å². The van der Waals surface area contributed by atoms with Gasteiger partial charge in [0.2, 0.25) is 0 Å². The van der Waals surface area contributed by atoms with Crippen LogP contribution in [0.4, 0.5) is 0 Å². The van der Waals surface area contributed by atoms with E-state index in [0.717, 1.165) is 50.9 Å². The summed E-state index contributed by atoms with van der Waals surface area (Å²) in [5.41, 5.74) is 0. The summed E-state index contributed by atoms with van der Waals surface area (Å²) in [4.78, 5) is 5.14. The topological polar surface area (TPSA) is 57.4 Å². The van der Waals surface area contributed by atoms with Crippen LogP contribution in [0, 0.1) is 0 Å². The number of hydrogen-bond acceptors (Lipinski definition) is 5. The molecule has 146 valence electrons. The van der Waals surface area contributed by atoms with Crippen LogP contribution in [-0.2, 0) is 13.6 Å². The Kier molecular flexibility index (Phi) is 5.91. The molecule has 1 aromatic rings. The van der Waals surface area contributed by atoms with Gasteiger partial charge in [0, 0.05) is 38.6 Å². The second-order valence-electron chi connectivity index (χ2n) is 8.67. The maximum atomic E-state index is 9.69. The molecule has 3 fully saturated rings. The standard InChI is InChI=1S/C20H35N5O/c1-23-19(15-24-12-9-18(26)10-13-24)21-22-20(23)16-6-5-11-25(14-16)17-7-3-2-4-8-17/h16-18,26H,2-15H2,1H3. The normalized spacial score (nSPS) is 27.8. The van der Waals surface area contributed by atoms with E-state index in [1.165, 1.54) is 57.3 Å². The van der Waals surface area contributed by atoms with Crippen LogP contribution in [0.15, 0.2) is 0 Å². The molecule has 1 aromatic heterocycles. The molecule has 2 aliphatic heterocycles. The first kappa shape index (κ1) is 18.4. The molecule has 1 unspecified atom stereocenters. The smallest absolute Gasteiger partial charge is 0.146 e. The van der Waals surface area contributed by atoms with E-state index in [-0.39, 0.29) is 6.10 Å². The van der Waals surface area contributed by atoms with Gasteiger partial charge in [-0.2, -0.15) is 0 Å². The summed E-state index contributed by atoms with van der Waals surface area (Å²) >= 11 is 0. The minimum atomic E-state index is -0.116. The zero-order valence-electron chi connectivity index (χ0n) is 16.3. The van der Waals surface area contributed by atoms with Gasteiger partial charge in [-0.3, -0.25) is 9.80 Å². The lowest BCUT2D eigenvalue weighted by Crippen LogP contribution is -2.43. The minimum absolute atomic E-state index is 0.116. The second kappa shape index (κ2) is 8.36. The van der Waals surface area contributed by atoms with Gasteiger partial charge < -0.3 is 9.67 Å². The molecule has 2 saturated heterocycles. The number of aliphatic hydroxyl groups excluding tert-OH is 1. The fourth-order valence-corrected chi connectivity index (χ4v) is 5.14. The van der Waals surface area contributed by atoms with Crippen LogP contribution in [0.1, 0.15) is 75.4 Å². The van der Waals surface area contributed by atoms with Crippen molar-refractivity contribution in [2.75, 3.05) is 26.2 Å². The molecule has 3 heterocycles. The van der Waals surface area contributed by atoms with Crippen molar-refractivity contribution in [3.8, 4) is 0 Å². The van der Waals surface area contributed by atoms with Crippen LogP contribution in [0.3, 0.4) is 0 Å². The van der Waals surface area contributed by atoms with Crippen LogP contribution >= 0.6 is 0 Å². The van der Waals surface area contributed by atoms with Gasteiger partial charge in [0.25, 0.3) is 0 Å². The predicted molar refractivity (Wildman–Crippen MR) is 102 cm³/mol. The first-order chi connectivity index (χ1) is 12.7. The van der Waals surface area contributed by atoms with Crippen LogP contribution in [0.5, 0.6) is 0 Å². The Labute approximate surface area is 157 Å². The van der Waals surface area contributed by atoms with Crippen molar-refractivity contribution in [2.45, 2.75) is 82.4 Å². The number of nitrogens with zero attached hydrogens (tertiary/aromatic N) is 5. The van der Waals surface area contributed by atoms with Crippen molar-refractivity contribution in [1.82, 2.24) is 24.6 Å². The van der Waals surface area contributed by atoms with Crippen LogP contribution < -0.4 is 0 Å². The fraction of sp³-hybridized carbons (Fsp3) is 0.900. The Morgan fingerprint density at radius 1 is 0.923 bits per heavy atom. The molecule has 1 saturated carbocycles. The number of aromatic nitrogens is 3. The summed E-state index contributed by atoms with van der Waals surface area (Å²) in [6, 6.07) is 0.805. The number of piperidine rings is 2. The summed E-state index contributed by atoms with van der Waals surface area (Å²) in [5, 5.41) is 18.8. The molecule has 4 rings (SSSR count). The highest BCUT2D eigenvalue weighted by molar-refractivity contribution is 5.04. The molecule has 3 aliphatic rings. The zero-order chi connectivity index (χ0) is 17.9. The fourth-order valence-electron chi connectivity index (χ4n) is 5.14. The van der Waals surface area contributed by atoms with E-state index in [4.69, 9.17) is 0 Å². The van der Waals surface area contributed by atoms with E-state index < -0.39 is 0 Å². The van der Waals surface area contributed by atoms with Crippen molar-refractivity contribution < 1.29 is 5.11 Å². The molecule has 1 aliphatic carbocycles. The summed E-state index contributed by atoms with van der Waals surface area (Å²) in [6.45, 7) is 5.20. The van der Waals surface area contributed by atoms with E-state index in [2.05, 4.69) is 31.6 Å². The predicted octanol–water partition coefficient (Wildman–Crippen LogP) is 2.28. The molecule has 0 spiro atoms. The third kappa shape index (κ3) is 4.12. The summed E-state index contributed by atoms with van der Waals surface area (Å²) < 4.78 is 2.25. The average Bonchev–Trinajstić information content (AvgIpc) is 3.05. The Hall–Kier alpha value is -0.980. The summed E-state index contributed by atoms with van der Waals surface area (Å²) in [6.07, 6.45) is 11.2. The number of rotatable bonds is 4. The van der Waals surface area contributed by atoms with Gasteiger partial charge >= 0.3 is 0 Å². The molecule has 1 N–H and O–H groups in total. The lowest BCUT2D eigenvalue weighted by Gasteiger charge is -2.39. The van der Waals surface area contributed by atoms with Gasteiger partial charge in [-0.1, -0.05) is 19.3 Å². The molecule has 0 amide bonds. The Bertz CT molecular complexity index is 575. The van der Waals surface area contributed by atoms with E-state index in [9.17, 15) is 5.11 Å². The Morgan fingerprint density at radius 3 is 2.46 bits per heavy atom. The quantitative estimate of drug-likeness (QED) is 0.892. The van der Waals surface area contributed by atoms with E-state index >= 15 is 0 Å². The van der Waals surface area contributed by atoms with Crippen molar-refractivity contribution in [2.24, 2.45) is 7.05 Å². The van der Waals surface area contributed by atoms with Crippen molar-refractivity contribution in [3.63, 3.8) is 0 Å². The molecular formula is C20H35N5O. The van der Waals surface area contributed by atoms with Crippen LogP contribution in [-0.4, -0.2) is 68.0 Å². The molecule has 6 heteroatoms. The van der Waals surface area contributed by atoms with Gasteiger partial charge in [0.15, 0.2) is 0 Å². The van der Waals surface area contributed by atoms with E-state index in [1.54, 1.807) is 0 Å². The van der Waals surface area contributed by atoms with Gasteiger partial charge in [-0.25, -0.2) is 0 Å². The third-order valence-electron chi connectivity index (χ3n) is 6.83. The van der Waals surface area contributed by atoms with Crippen molar-refractivity contribution in [1.29, 1.82) is 0 Å². The highest BCUT2D eigenvalue weighted by Gasteiger charge is 2.30. The lowest BCUT2D eigenvalue weighted by atomic mass is 9.90. The Balaban J connectivity index is 1.38. The third-order valence-corrected chi connectivity index (χ3v) is 6.83. The summed E-state index contributed by atoms with van der Waals surface area (Å²) in [7, 11) is 2.14. The lowest BCUT2D eigenvalue weighted by molar-refractivity contribution is 0.0775. The SMILES string of the molecule is Cn1c(CN2CCC(O)CC2)nnc1C1CCCN(C2CCCCC2)C1. The Morgan fingerprint density at radius 2 is 1.69 bits per heavy atom.